The van der Waals surface area contributed by atoms with Gasteiger partial charge in [0.25, 0.3) is 0 Å². The summed E-state index contributed by atoms with van der Waals surface area (Å²) >= 11 is 0. The Labute approximate surface area is 234 Å². The molecule has 1 aliphatic heterocycles. The Kier molecular flexibility index (Phi) is 8.41. The van der Waals surface area contributed by atoms with E-state index in [1.54, 1.807) is 54.0 Å². The normalized spacial score (nSPS) is 23.1. The maximum atomic E-state index is 12.9. The number of hydrogen-bond acceptors (Lipinski definition) is 10. The lowest BCUT2D eigenvalue weighted by Gasteiger charge is -2.43. The summed E-state index contributed by atoms with van der Waals surface area (Å²) < 4.78 is 17.8. The number of methoxy groups -OCH3 is 1. The second kappa shape index (κ2) is 11.5. The molecule has 0 radical (unpaired) electrons. The predicted octanol–water partition coefficient (Wildman–Crippen LogP) is 4.07. The highest BCUT2D eigenvalue weighted by Gasteiger charge is 2.36. The van der Waals surface area contributed by atoms with Crippen molar-refractivity contribution in [3.8, 4) is 0 Å². The lowest BCUT2D eigenvalue weighted by atomic mass is 9.82. The van der Waals surface area contributed by atoms with Crippen molar-refractivity contribution in [1.29, 1.82) is 0 Å². The second-order valence-electron chi connectivity index (χ2n) is 11.3. The summed E-state index contributed by atoms with van der Waals surface area (Å²) in [7, 11) is 3.29. The van der Waals surface area contributed by atoms with Gasteiger partial charge in [-0.2, -0.15) is 9.61 Å². The van der Waals surface area contributed by atoms with E-state index in [-0.39, 0.29) is 29.5 Å². The molecule has 218 valence electrons. The number of aliphatic hydroxyl groups excluding tert-OH is 1. The van der Waals surface area contributed by atoms with E-state index in [4.69, 9.17) is 14.2 Å². The number of aromatic nitrogens is 3. The zero-order valence-corrected chi connectivity index (χ0v) is 24.3. The number of anilines is 2. The average Bonchev–Trinajstić information content (AvgIpc) is 3.33. The summed E-state index contributed by atoms with van der Waals surface area (Å²) in [5.41, 5.74) is -0.0191. The molecular weight excluding hydrogens is 516 g/mol. The monoisotopic (exact) mass is 556 g/mol. The first-order chi connectivity index (χ1) is 18.9. The summed E-state index contributed by atoms with van der Waals surface area (Å²) in [5.74, 6) is 0.0289. The van der Waals surface area contributed by atoms with Crippen LogP contribution in [0.1, 0.15) is 70.7 Å². The number of carbonyl (C=O) groups excluding carboxylic acids is 2. The number of nitrogens with one attached hydrogen (secondary N) is 1. The molecular formula is C28H40N6O6. The molecule has 2 N–H and O–H groups in total. The first kappa shape index (κ1) is 29.3. The molecule has 1 amide bonds. The van der Waals surface area contributed by atoms with Gasteiger partial charge in [0.1, 0.15) is 22.8 Å². The fourth-order valence-corrected chi connectivity index (χ4v) is 4.89. The lowest BCUT2D eigenvalue weighted by molar-refractivity contribution is -0.0535. The lowest BCUT2D eigenvalue weighted by Crippen LogP contribution is -2.47. The van der Waals surface area contributed by atoms with Crippen LogP contribution in [0.25, 0.3) is 5.65 Å². The Morgan fingerprint density at radius 2 is 1.98 bits per heavy atom. The third kappa shape index (κ3) is 6.23. The maximum Gasteiger partial charge on any atom is 0.415 e. The molecule has 0 bridgehead atoms. The minimum Gasteiger partial charge on any atom is -0.462 e. The van der Waals surface area contributed by atoms with Crippen LogP contribution in [-0.4, -0.2) is 80.9 Å². The molecule has 0 spiro atoms. The number of carbonyl (C=O) groups is 2. The van der Waals surface area contributed by atoms with Crippen LogP contribution in [0.3, 0.4) is 0 Å². The van der Waals surface area contributed by atoms with Gasteiger partial charge in [0, 0.05) is 32.5 Å². The van der Waals surface area contributed by atoms with Crippen molar-refractivity contribution < 1.29 is 28.9 Å². The second-order valence-corrected chi connectivity index (χ2v) is 11.3. The molecule has 12 nitrogen and oxygen atoms in total. The predicted molar refractivity (Wildman–Crippen MR) is 150 cm³/mol. The molecule has 2 aromatic rings. The number of esters is 1. The Balaban J connectivity index is 1.64. The van der Waals surface area contributed by atoms with Gasteiger partial charge in [0.15, 0.2) is 11.9 Å². The molecule has 3 heterocycles. The van der Waals surface area contributed by atoms with Gasteiger partial charge in [-0.15, -0.1) is 0 Å². The number of ether oxygens (including phenoxy) is 3. The standard InChI is InChI=1S/C28H40N6O6/c1-8-39-25(36)19-17-29-34-22(32(6)26(37)40-27(2,3)4)16-21(31-23(19)34)30-20-10-9-15-33(24(20)35)18-11-13-28(5,38-7)14-12-18/h9-10,15-18,24,35H,8,11-14H2,1-7H3,(H,30,31). The van der Waals surface area contributed by atoms with E-state index in [9.17, 15) is 14.7 Å². The Hall–Kier alpha value is -3.64. The van der Waals surface area contributed by atoms with Crippen LogP contribution in [0.4, 0.5) is 16.4 Å². The van der Waals surface area contributed by atoms with Crippen LogP contribution in [0.2, 0.25) is 0 Å². The summed E-state index contributed by atoms with van der Waals surface area (Å²) in [5, 5.41) is 18.8. The summed E-state index contributed by atoms with van der Waals surface area (Å²) in [6.07, 6.45) is 8.90. The number of rotatable bonds is 7. The van der Waals surface area contributed by atoms with Gasteiger partial charge in [-0.1, -0.05) is 0 Å². The molecule has 0 aromatic carbocycles. The zero-order chi connectivity index (χ0) is 29.2. The van der Waals surface area contributed by atoms with Crippen molar-refractivity contribution in [3.63, 3.8) is 0 Å². The number of fused-ring (bicyclic) bond motifs is 1. The molecule has 1 atom stereocenters. The van der Waals surface area contributed by atoms with Crippen molar-refractivity contribution in [2.75, 3.05) is 31.0 Å². The number of allylic oxidation sites excluding steroid dienone is 2. The van der Waals surface area contributed by atoms with E-state index in [2.05, 4.69) is 22.3 Å². The summed E-state index contributed by atoms with van der Waals surface area (Å²) in [4.78, 5) is 33.4. The van der Waals surface area contributed by atoms with E-state index in [0.29, 0.717) is 17.3 Å². The Morgan fingerprint density at radius 1 is 1.27 bits per heavy atom. The fourth-order valence-electron chi connectivity index (χ4n) is 4.89. The van der Waals surface area contributed by atoms with Crippen molar-refractivity contribution in [2.45, 2.75) is 83.8 Å². The minimum atomic E-state index is -0.943. The SMILES string of the molecule is CCOC(=O)c1cnn2c(N(C)C(=O)OC(C)(C)C)cc(NC3=CC=CN(C4CCC(C)(OC)CC4)C3O)nc12. The average molecular weight is 557 g/mol. The van der Waals surface area contributed by atoms with Gasteiger partial charge >= 0.3 is 12.1 Å². The highest BCUT2D eigenvalue weighted by molar-refractivity contribution is 5.97. The topological polar surface area (TPSA) is 131 Å². The van der Waals surface area contributed by atoms with Gasteiger partial charge in [0.05, 0.1) is 24.1 Å². The third-order valence-corrected chi connectivity index (χ3v) is 7.25. The highest BCUT2D eigenvalue weighted by atomic mass is 16.6. The number of aliphatic hydroxyl groups is 1. The van der Waals surface area contributed by atoms with Crippen LogP contribution in [0.5, 0.6) is 0 Å². The highest BCUT2D eigenvalue weighted by Crippen LogP contribution is 2.35. The van der Waals surface area contributed by atoms with Crippen LogP contribution in [0, 0.1) is 0 Å². The third-order valence-electron chi connectivity index (χ3n) is 7.25. The molecule has 1 saturated carbocycles. The van der Waals surface area contributed by atoms with E-state index >= 15 is 0 Å². The molecule has 4 rings (SSSR count). The van der Waals surface area contributed by atoms with Crippen LogP contribution in [0.15, 0.2) is 36.3 Å². The molecule has 1 aliphatic carbocycles. The molecule has 0 saturated heterocycles. The minimum absolute atomic E-state index is 0.143. The smallest absolute Gasteiger partial charge is 0.415 e. The van der Waals surface area contributed by atoms with Crippen LogP contribution >= 0.6 is 0 Å². The first-order valence-corrected chi connectivity index (χ1v) is 13.5. The molecule has 12 heteroatoms. The van der Waals surface area contributed by atoms with Crippen molar-refractivity contribution >= 4 is 29.3 Å². The van der Waals surface area contributed by atoms with E-state index < -0.39 is 23.9 Å². The van der Waals surface area contributed by atoms with Crippen molar-refractivity contribution in [1.82, 2.24) is 19.5 Å². The number of hydrogen-bond donors (Lipinski definition) is 2. The quantitative estimate of drug-likeness (QED) is 0.481. The fraction of sp³-hybridized carbons (Fsp3) is 0.571. The van der Waals surface area contributed by atoms with Gasteiger partial charge in [-0.25, -0.2) is 14.6 Å². The number of amides is 1. The summed E-state index contributed by atoms with van der Waals surface area (Å²) in [6, 6.07) is 1.76. The first-order valence-electron chi connectivity index (χ1n) is 13.5. The van der Waals surface area contributed by atoms with Crippen LogP contribution < -0.4 is 10.2 Å². The maximum absolute atomic E-state index is 12.9. The summed E-state index contributed by atoms with van der Waals surface area (Å²) in [6.45, 7) is 9.35. The molecule has 2 aliphatic rings. The van der Waals surface area contributed by atoms with Gasteiger partial charge in [-0.3, -0.25) is 4.90 Å². The zero-order valence-electron chi connectivity index (χ0n) is 24.3. The molecule has 1 unspecified atom stereocenters. The van der Waals surface area contributed by atoms with Crippen LogP contribution in [-0.2, 0) is 14.2 Å². The Morgan fingerprint density at radius 3 is 2.60 bits per heavy atom. The van der Waals surface area contributed by atoms with E-state index in [1.807, 2.05) is 17.2 Å². The Bertz CT molecular complexity index is 1300. The largest absolute Gasteiger partial charge is 0.462 e. The molecule has 1 fully saturated rings. The van der Waals surface area contributed by atoms with Crippen molar-refractivity contribution in [2.24, 2.45) is 0 Å². The van der Waals surface area contributed by atoms with Gasteiger partial charge in [-0.05, 0) is 72.5 Å². The molecule has 2 aromatic heterocycles. The van der Waals surface area contributed by atoms with Crippen molar-refractivity contribution in [3.05, 3.63) is 41.9 Å². The van der Waals surface area contributed by atoms with E-state index in [0.717, 1.165) is 25.7 Å². The number of nitrogens with zero attached hydrogens (tertiary/aromatic N) is 5. The van der Waals surface area contributed by atoms with Gasteiger partial charge in [0.2, 0.25) is 0 Å². The molecule has 40 heavy (non-hydrogen) atoms. The van der Waals surface area contributed by atoms with Gasteiger partial charge < -0.3 is 29.5 Å². The van der Waals surface area contributed by atoms with E-state index in [1.165, 1.54) is 15.6 Å².